The van der Waals surface area contributed by atoms with Crippen molar-refractivity contribution in [2.45, 2.75) is 52.0 Å². The van der Waals surface area contributed by atoms with Crippen LogP contribution in [0.3, 0.4) is 0 Å². The van der Waals surface area contributed by atoms with E-state index in [0.29, 0.717) is 24.0 Å². The Morgan fingerprint density at radius 1 is 1.22 bits per heavy atom. The van der Waals surface area contributed by atoms with Gasteiger partial charge in [0.2, 0.25) is 5.95 Å². The van der Waals surface area contributed by atoms with Gasteiger partial charge in [0.15, 0.2) is 5.49 Å². The van der Waals surface area contributed by atoms with E-state index in [1.807, 2.05) is 6.92 Å². The number of aromatic amines is 1. The van der Waals surface area contributed by atoms with E-state index >= 15 is 0 Å². The number of fused-ring (bicyclic) bond motifs is 1. The summed E-state index contributed by atoms with van der Waals surface area (Å²) in [4.78, 5) is 51.6. The molecule has 168 valence electrons. The van der Waals surface area contributed by atoms with Crippen LogP contribution >= 0.6 is 0 Å². The molecular weight excluding hydrogens is 410 g/mol. The van der Waals surface area contributed by atoms with Gasteiger partial charge in [-0.15, -0.1) is 0 Å². The fourth-order valence-electron chi connectivity index (χ4n) is 4.24. The van der Waals surface area contributed by atoms with E-state index in [2.05, 4.69) is 32.1 Å². The van der Waals surface area contributed by atoms with Gasteiger partial charge in [-0.1, -0.05) is 6.92 Å². The summed E-state index contributed by atoms with van der Waals surface area (Å²) in [5.74, 6) is 0.0728. The number of aromatic nitrogens is 2. The molecule has 2 N–H and O–H groups in total. The minimum Gasteiger partial charge on any atom is -0.494 e. The van der Waals surface area contributed by atoms with Crippen LogP contribution < -0.4 is 31.2 Å². The number of H-pyrrole nitrogens is 1. The van der Waals surface area contributed by atoms with Gasteiger partial charge >= 0.3 is 0 Å². The highest BCUT2D eigenvalue weighted by molar-refractivity contribution is 6.23. The zero-order valence-corrected chi connectivity index (χ0v) is 18.3. The number of ether oxygens (including phenoxy) is 1. The van der Waals surface area contributed by atoms with Gasteiger partial charge in [-0.05, 0) is 56.9 Å². The van der Waals surface area contributed by atoms with E-state index in [1.165, 1.54) is 0 Å². The molecule has 9 nitrogen and oxygen atoms in total. The zero-order chi connectivity index (χ0) is 22.7. The number of carbonyl (C=O) groups is 2. The first kappa shape index (κ1) is 21.7. The first-order chi connectivity index (χ1) is 15.5. The molecule has 2 aromatic rings. The SMILES string of the molecule is CCOc1ccc(NC(=O)C2=c3c(nc(N4CCCCC4CC)[nH]c3=O)=NC(=O)C2)cc1. The largest absolute Gasteiger partial charge is 0.494 e. The summed E-state index contributed by atoms with van der Waals surface area (Å²) in [5, 5.41) is 2.80. The summed E-state index contributed by atoms with van der Waals surface area (Å²) in [7, 11) is 0. The van der Waals surface area contributed by atoms with Crippen molar-refractivity contribution in [1.82, 2.24) is 9.97 Å². The van der Waals surface area contributed by atoms with E-state index < -0.39 is 17.4 Å². The molecule has 2 amide bonds. The molecule has 4 rings (SSSR count). The van der Waals surface area contributed by atoms with Crippen LogP contribution in [0, 0.1) is 0 Å². The van der Waals surface area contributed by atoms with Crippen molar-refractivity contribution in [3.05, 3.63) is 45.3 Å². The second kappa shape index (κ2) is 9.33. The number of amides is 2. The molecule has 1 atom stereocenters. The maximum absolute atomic E-state index is 13.0. The number of anilines is 2. The molecule has 1 aromatic carbocycles. The lowest BCUT2D eigenvalue weighted by Gasteiger charge is -2.35. The number of hydrogen-bond acceptors (Lipinski definition) is 6. The lowest BCUT2D eigenvalue weighted by molar-refractivity contribution is -0.118. The number of carbonyl (C=O) groups excluding carboxylic acids is 2. The van der Waals surface area contributed by atoms with Crippen LogP contribution in [0.1, 0.15) is 46.0 Å². The molecule has 32 heavy (non-hydrogen) atoms. The van der Waals surface area contributed by atoms with Gasteiger partial charge in [0, 0.05) is 23.8 Å². The van der Waals surface area contributed by atoms with Crippen molar-refractivity contribution in [3.8, 4) is 5.75 Å². The van der Waals surface area contributed by atoms with E-state index in [1.54, 1.807) is 24.3 Å². The van der Waals surface area contributed by atoms with Crippen LogP contribution in [0.2, 0.25) is 0 Å². The Balaban J connectivity index is 1.70. The standard InChI is InChI=1S/C23H27N5O4/c1-3-15-7-5-6-12-28(15)23-26-20-19(22(31)27-23)17(13-18(29)25-20)21(30)24-14-8-10-16(11-9-14)32-4-2/h8-11,15H,3-7,12-13H2,1-2H3,(H,24,30)(H,25,26,27,29,31). The Kier molecular flexibility index (Phi) is 6.34. The lowest BCUT2D eigenvalue weighted by Crippen LogP contribution is -2.52. The molecule has 3 heterocycles. The zero-order valence-electron chi connectivity index (χ0n) is 18.3. The molecule has 2 aliphatic heterocycles. The second-order valence-corrected chi connectivity index (χ2v) is 7.91. The Morgan fingerprint density at radius 2 is 2.00 bits per heavy atom. The summed E-state index contributed by atoms with van der Waals surface area (Å²) in [5.41, 5.74) is 0.151. The quantitative estimate of drug-likeness (QED) is 0.703. The van der Waals surface area contributed by atoms with E-state index in [-0.39, 0.29) is 28.7 Å². The topological polar surface area (TPSA) is 117 Å². The maximum atomic E-state index is 13.0. The Bertz CT molecular complexity index is 1200. The molecule has 1 aromatic heterocycles. The van der Waals surface area contributed by atoms with Gasteiger partial charge in [-0.25, -0.2) is 0 Å². The van der Waals surface area contributed by atoms with Crippen molar-refractivity contribution in [1.29, 1.82) is 0 Å². The summed E-state index contributed by atoms with van der Waals surface area (Å²) in [6.45, 7) is 5.31. The van der Waals surface area contributed by atoms with Gasteiger partial charge in [-0.3, -0.25) is 19.4 Å². The van der Waals surface area contributed by atoms with E-state index in [0.717, 1.165) is 32.2 Å². The number of nitrogens with one attached hydrogen (secondary N) is 2. The minimum atomic E-state index is -0.525. The smallest absolute Gasteiger partial charge is 0.262 e. The highest BCUT2D eigenvalue weighted by Crippen LogP contribution is 2.22. The first-order valence-electron chi connectivity index (χ1n) is 11.1. The molecule has 0 aliphatic carbocycles. The second-order valence-electron chi connectivity index (χ2n) is 7.91. The minimum absolute atomic E-state index is 0.0114. The van der Waals surface area contributed by atoms with Crippen molar-refractivity contribution >= 4 is 29.0 Å². The van der Waals surface area contributed by atoms with Gasteiger partial charge < -0.3 is 15.0 Å². The molecule has 9 heteroatoms. The highest BCUT2D eigenvalue weighted by Gasteiger charge is 2.26. The lowest BCUT2D eigenvalue weighted by atomic mass is 10.0. The van der Waals surface area contributed by atoms with Crippen LogP contribution in [0.5, 0.6) is 5.75 Å². The molecule has 2 aliphatic rings. The number of nitrogens with zero attached hydrogens (tertiary/aromatic N) is 3. The molecule has 0 spiro atoms. The van der Waals surface area contributed by atoms with Crippen LogP contribution in [0.4, 0.5) is 11.6 Å². The average Bonchev–Trinajstić information content (AvgIpc) is 2.79. The predicted octanol–water partition coefficient (Wildman–Crippen LogP) is 1.28. The number of hydrogen-bond donors (Lipinski definition) is 2. The summed E-state index contributed by atoms with van der Waals surface area (Å²) in [6.07, 6.45) is 3.85. The van der Waals surface area contributed by atoms with Crippen molar-refractivity contribution < 1.29 is 14.3 Å². The number of rotatable bonds is 6. The fraction of sp³-hybridized carbons (Fsp3) is 0.435. The molecule has 0 radical (unpaired) electrons. The van der Waals surface area contributed by atoms with Crippen LogP contribution in [-0.2, 0) is 9.59 Å². The third-order valence-corrected chi connectivity index (χ3v) is 5.82. The Hall–Kier alpha value is -3.49. The molecule has 1 saturated heterocycles. The maximum Gasteiger partial charge on any atom is 0.262 e. The van der Waals surface area contributed by atoms with Gasteiger partial charge in [0.25, 0.3) is 17.4 Å². The Labute approximate surface area is 185 Å². The molecular formula is C23H27N5O4. The van der Waals surface area contributed by atoms with E-state index in [4.69, 9.17) is 4.74 Å². The van der Waals surface area contributed by atoms with Crippen molar-refractivity contribution in [2.75, 3.05) is 23.4 Å². The average molecular weight is 438 g/mol. The van der Waals surface area contributed by atoms with Crippen molar-refractivity contribution in [3.63, 3.8) is 0 Å². The number of piperidine rings is 1. The number of benzene rings is 1. The third-order valence-electron chi connectivity index (χ3n) is 5.82. The van der Waals surface area contributed by atoms with Crippen LogP contribution in [-0.4, -0.2) is 41.0 Å². The monoisotopic (exact) mass is 437 g/mol. The molecule has 1 unspecified atom stereocenters. The van der Waals surface area contributed by atoms with Crippen LogP contribution in [0.25, 0.3) is 5.57 Å². The third kappa shape index (κ3) is 4.42. The Morgan fingerprint density at radius 3 is 2.72 bits per heavy atom. The summed E-state index contributed by atoms with van der Waals surface area (Å²) < 4.78 is 5.40. The molecule has 1 fully saturated rings. The summed E-state index contributed by atoms with van der Waals surface area (Å²) in [6, 6.07) is 7.15. The van der Waals surface area contributed by atoms with Gasteiger partial charge in [-0.2, -0.15) is 9.98 Å². The summed E-state index contributed by atoms with van der Waals surface area (Å²) >= 11 is 0. The van der Waals surface area contributed by atoms with Gasteiger partial charge in [0.05, 0.1) is 18.2 Å². The first-order valence-corrected chi connectivity index (χ1v) is 11.1. The van der Waals surface area contributed by atoms with Crippen LogP contribution in [0.15, 0.2) is 34.1 Å². The predicted molar refractivity (Wildman–Crippen MR) is 120 cm³/mol. The van der Waals surface area contributed by atoms with E-state index in [9.17, 15) is 14.4 Å². The molecule has 0 saturated carbocycles. The fourth-order valence-corrected chi connectivity index (χ4v) is 4.24. The molecule has 0 bridgehead atoms. The highest BCUT2D eigenvalue weighted by atomic mass is 16.5. The van der Waals surface area contributed by atoms with Gasteiger partial charge in [0.1, 0.15) is 5.75 Å². The normalized spacial score (nSPS) is 18.1. The van der Waals surface area contributed by atoms with Crippen molar-refractivity contribution in [2.24, 2.45) is 4.99 Å².